The molecule has 1 aliphatic rings. The third-order valence-electron chi connectivity index (χ3n) is 4.19. The van der Waals surface area contributed by atoms with Crippen LogP contribution in [0, 0.1) is 5.92 Å². The number of carbonyl (C=O) groups is 2. The van der Waals surface area contributed by atoms with Crippen molar-refractivity contribution < 1.29 is 9.59 Å². The van der Waals surface area contributed by atoms with Crippen LogP contribution in [0.3, 0.4) is 0 Å². The summed E-state index contributed by atoms with van der Waals surface area (Å²) in [4.78, 5) is 29.8. The van der Waals surface area contributed by atoms with Crippen molar-refractivity contribution in [1.29, 1.82) is 0 Å². The fourth-order valence-corrected chi connectivity index (χ4v) is 2.39. The number of nitrogens with two attached hydrogens (primary N) is 1. The van der Waals surface area contributed by atoms with Gasteiger partial charge in [0.15, 0.2) is 0 Å². The summed E-state index contributed by atoms with van der Waals surface area (Å²) >= 11 is 0. The van der Waals surface area contributed by atoms with Gasteiger partial charge in [-0.25, -0.2) is 0 Å². The number of likely N-dealkylation sites (tertiary alicyclic amines) is 1. The molecule has 3 N–H and O–H groups in total. The molecule has 1 aliphatic heterocycles. The van der Waals surface area contributed by atoms with E-state index in [9.17, 15) is 9.59 Å². The topological polar surface area (TPSA) is 87.8 Å². The molecule has 24 heavy (non-hydrogen) atoms. The summed E-state index contributed by atoms with van der Waals surface area (Å²) < 4.78 is 0. The van der Waals surface area contributed by atoms with Crippen LogP contribution >= 0.6 is 0 Å². The maximum absolute atomic E-state index is 12.4. The molecule has 0 aromatic heterocycles. The van der Waals surface area contributed by atoms with Crippen LogP contribution in [0.2, 0.25) is 0 Å². The van der Waals surface area contributed by atoms with E-state index >= 15 is 0 Å². The van der Waals surface area contributed by atoms with Crippen molar-refractivity contribution in [2.75, 3.05) is 13.1 Å². The van der Waals surface area contributed by atoms with E-state index < -0.39 is 0 Å². The number of hydrogen-bond donors (Lipinski definition) is 2. The standard InChI is InChI=1S/C18H28N4O2/c1-6-20-16(18(24)21-14(5)12(2)3)11-13(4)22-9-7-15(8-10-22)17(19)23/h6,11,14-15H,2,4,7-10H2,1,3,5H3,(H2,19,23)(H,21,24)/b16-11-,20-6?. The van der Waals surface area contributed by atoms with Crippen LogP contribution in [0.25, 0.3) is 0 Å². The van der Waals surface area contributed by atoms with E-state index in [-0.39, 0.29) is 23.8 Å². The number of allylic oxidation sites excluding steroid dienone is 1. The van der Waals surface area contributed by atoms with Crippen molar-refractivity contribution in [2.45, 2.75) is 39.7 Å². The third kappa shape index (κ3) is 5.68. The first-order chi connectivity index (χ1) is 11.3. The van der Waals surface area contributed by atoms with Gasteiger partial charge >= 0.3 is 0 Å². The van der Waals surface area contributed by atoms with Gasteiger partial charge in [-0.05, 0) is 39.7 Å². The van der Waals surface area contributed by atoms with Gasteiger partial charge in [-0.1, -0.05) is 18.7 Å². The Morgan fingerprint density at radius 2 is 1.92 bits per heavy atom. The molecular formula is C18H28N4O2. The normalized spacial score (nSPS) is 17.6. The lowest BCUT2D eigenvalue weighted by Crippen LogP contribution is -2.38. The number of primary amides is 1. The van der Waals surface area contributed by atoms with Gasteiger partial charge in [-0.2, -0.15) is 0 Å². The Kier molecular flexibility index (Phi) is 7.42. The SMILES string of the molecule is C=C(C)C(C)NC(=O)/C(=C/C(=C)N1CCC(C(N)=O)CC1)N=CC. The molecular weight excluding hydrogens is 304 g/mol. The quantitative estimate of drug-likeness (QED) is 0.322. The summed E-state index contributed by atoms with van der Waals surface area (Å²) in [5, 5.41) is 2.85. The molecule has 0 aliphatic carbocycles. The first-order valence-electron chi connectivity index (χ1n) is 8.16. The molecule has 1 saturated heterocycles. The van der Waals surface area contributed by atoms with Crippen molar-refractivity contribution in [3.8, 4) is 0 Å². The second kappa shape index (κ2) is 9.05. The maximum Gasteiger partial charge on any atom is 0.270 e. The molecule has 1 rings (SSSR count). The Labute approximate surface area is 144 Å². The summed E-state index contributed by atoms with van der Waals surface area (Å²) in [6, 6.07) is -0.132. The Balaban J connectivity index is 2.77. The van der Waals surface area contributed by atoms with E-state index in [4.69, 9.17) is 5.73 Å². The molecule has 6 nitrogen and oxygen atoms in total. The van der Waals surface area contributed by atoms with Crippen LogP contribution in [-0.4, -0.2) is 42.1 Å². The maximum atomic E-state index is 12.4. The van der Waals surface area contributed by atoms with Gasteiger partial charge in [0.1, 0.15) is 5.70 Å². The van der Waals surface area contributed by atoms with E-state index in [2.05, 4.69) is 23.5 Å². The number of piperidine rings is 1. The van der Waals surface area contributed by atoms with E-state index in [1.54, 1.807) is 19.2 Å². The molecule has 0 radical (unpaired) electrons. The van der Waals surface area contributed by atoms with Crippen LogP contribution in [0.15, 0.2) is 41.2 Å². The van der Waals surface area contributed by atoms with Crippen LogP contribution < -0.4 is 11.1 Å². The van der Waals surface area contributed by atoms with Crippen LogP contribution in [0.1, 0.15) is 33.6 Å². The first kappa shape index (κ1) is 19.7. The molecule has 1 unspecified atom stereocenters. The lowest BCUT2D eigenvalue weighted by atomic mass is 9.96. The molecule has 6 heteroatoms. The number of aliphatic imine (C=N–C) groups is 1. The average Bonchev–Trinajstić information content (AvgIpc) is 2.54. The summed E-state index contributed by atoms with van der Waals surface area (Å²) in [7, 11) is 0. The van der Waals surface area contributed by atoms with Crippen LogP contribution in [-0.2, 0) is 9.59 Å². The number of hydrogen-bond acceptors (Lipinski definition) is 4. The van der Waals surface area contributed by atoms with E-state index in [1.165, 1.54) is 0 Å². The van der Waals surface area contributed by atoms with E-state index in [0.717, 1.165) is 5.57 Å². The van der Waals surface area contributed by atoms with Gasteiger partial charge in [0, 0.05) is 37.0 Å². The fourth-order valence-electron chi connectivity index (χ4n) is 2.39. The molecule has 0 aromatic rings. The minimum Gasteiger partial charge on any atom is -0.372 e. The van der Waals surface area contributed by atoms with Crippen molar-refractivity contribution in [1.82, 2.24) is 10.2 Å². The van der Waals surface area contributed by atoms with Crippen LogP contribution in [0.4, 0.5) is 0 Å². The van der Waals surface area contributed by atoms with Crippen LogP contribution in [0.5, 0.6) is 0 Å². The van der Waals surface area contributed by atoms with Gasteiger partial charge in [-0.15, -0.1) is 0 Å². The predicted molar refractivity (Wildman–Crippen MR) is 97.3 cm³/mol. The predicted octanol–water partition coefficient (Wildman–Crippen LogP) is 1.75. The highest BCUT2D eigenvalue weighted by molar-refractivity contribution is 5.95. The molecule has 0 spiro atoms. The lowest BCUT2D eigenvalue weighted by Gasteiger charge is -2.32. The van der Waals surface area contributed by atoms with E-state index in [1.807, 2.05) is 18.7 Å². The minimum absolute atomic E-state index is 0.0779. The molecule has 0 bridgehead atoms. The van der Waals surface area contributed by atoms with Crippen molar-refractivity contribution in [2.24, 2.45) is 16.6 Å². The molecule has 0 aromatic carbocycles. The average molecular weight is 332 g/mol. The number of nitrogens with zero attached hydrogens (tertiary/aromatic N) is 2. The largest absolute Gasteiger partial charge is 0.372 e. The number of carbonyl (C=O) groups excluding carboxylic acids is 2. The third-order valence-corrected chi connectivity index (χ3v) is 4.19. The molecule has 2 amide bonds. The molecule has 1 atom stereocenters. The zero-order valence-corrected chi connectivity index (χ0v) is 14.8. The second-order valence-electron chi connectivity index (χ2n) is 6.11. The van der Waals surface area contributed by atoms with Gasteiger partial charge in [0.2, 0.25) is 5.91 Å². The highest BCUT2D eigenvalue weighted by atomic mass is 16.2. The molecule has 0 saturated carbocycles. The molecule has 1 heterocycles. The number of amides is 2. The number of nitrogens with one attached hydrogen (secondary N) is 1. The number of rotatable bonds is 7. The fraction of sp³-hybridized carbons (Fsp3) is 0.500. The van der Waals surface area contributed by atoms with Crippen molar-refractivity contribution >= 4 is 18.0 Å². The second-order valence-corrected chi connectivity index (χ2v) is 6.11. The van der Waals surface area contributed by atoms with Gasteiger partial charge in [0.05, 0.1) is 0 Å². The summed E-state index contributed by atoms with van der Waals surface area (Å²) in [6.07, 6.45) is 4.65. The van der Waals surface area contributed by atoms with Crippen molar-refractivity contribution in [3.63, 3.8) is 0 Å². The zero-order valence-electron chi connectivity index (χ0n) is 14.8. The monoisotopic (exact) mass is 332 g/mol. The molecule has 1 fully saturated rings. The minimum atomic E-state index is -0.267. The smallest absolute Gasteiger partial charge is 0.270 e. The van der Waals surface area contributed by atoms with Gasteiger partial charge < -0.3 is 16.0 Å². The highest BCUT2D eigenvalue weighted by Crippen LogP contribution is 2.20. The summed E-state index contributed by atoms with van der Waals surface area (Å²) in [6.45, 7) is 14.7. The summed E-state index contributed by atoms with van der Waals surface area (Å²) in [5.41, 5.74) is 7.22. The van der Waals surface area contributed by atoms with Gasteiger partial charge in [-0.3, -0.25) is 14.6 Å². The Morgan fingerprint density at radius 1 is 1.33 bits per heavy atom. The Bertz CT molecular complexity index is 570. The zero-order chi connectivity index (χ0) is 18.3. The molecule has 132 valence electrons. The Morgan fingerprint density at radius 3 is 2.38 bits per heavy atom. The lowest BCUT2D eigenvalue weighted by molar-refractivity contribution is -0.123. The van der Waals surface area contributed by atoms with E-state index in [0.29, 0.717) is 37.3 Å². The first-order valence-corrected chi connectivity index (χ1v) is 8.16. The van der Waals surface area contributed by atoms with Crippen molar-refractivity contribution in [3.05, 3.63) is 36.2 Å². The van der Waals surface area contributed by atoms with Gasteiger partial charge in [0.25, 0.3) is 5.91 Å². The Hall–Kier alpha value is -2.37. The summed E-state index contributed by atoms with van der Waals surface area (Å²) in [5.74, 6) is -0.595. The highest BCUT2D eigenvalue weighted by Gasteiger charge is 2.23.